The van der Waals surface area contributed by atoms with Gasteiger partial charge >= 0.3 is 0 Å². The fraction of sp³-hybridized carbons (Fsp3) is 0.667. The van der Waals surface area contributed by atoms with Gasteiger partial charge in [0.2, 0.25) is 0 Å². The van der Waals surface area contributed by atoms with Gasteiger partial charge in [-0.15, -0.1) is 0 Å². The number of hydrogen-bond donors (Lipinski definition) is 1. The van der Waals surface area contributed by atoms with Crippen LogP contribution in [0.2, 0.25) is 0 Å². The SMILES string of the molecule is COCCC(C)C(CNC(C)(C)C)Cc1cccc(Br)c1. The van der Waals surface area contributed by atoms with E-state index >= 15 is 0 Å². The van der Waals surface area contributed by atoms with Crippen molar-refractivity contribution in [2.45, 2.75) is 46.1 Å². The van der Waals surface area contributed by atoms with E-state index in [0.717, 1.165) is 30.5 Å². The second-order valence-electron chi connectivity index (χ2n) is 6.98. The lowest BCUT2D eigenvalue weighted by Crippen LogP contribution is -2.41. The molecule has 120 valence electrons. The molecule has 2 atom stereocenters. The quantitative estimate of drug-likeness (QED) is 0.731. The van der Waals surface area contributed by atoms with Gasteiger partial charge in [-0.1, -0.05) is 35.0 Å². The molecule has 0 aliphatic rings. The average Bonchev–Trinajstić information content (AvgIpc) is 2.39. The van der Waals surface area contributed by atoms with Crippen molar-refractivity contribution in [3.8, 4) is 0 Å². The topological polar surface area (TPSA) is 21.3 Å². The molecule has 1 N–H and O–H groups in total. The summed E-state index contributed by atoms with van der Waals surface area (Å²) in [6.45, 7) is 10.9. The van der Waals surface area contributed by atoms with Gasteiger partial charge < -0.3 is 10.1 Å². The highest BCUT2D eigenvalue weighted by Crippen LogP contribution is 2.22. The summed E-state index contributed by atoms with van der Waals surface area (Å²) in [6, 6.07) is 8.65. The van der Waals surface area contributed by atoms with Gasteiger partial charge in [-0.05, 0) is 69.7 Å². The molecule has 0 aromatic heterocycles. The molecule has 0 saturated carbocycles. The molecular formula is C18H30BrNO. The van der Waals surface area contributed by atoms with Crippen molar-refractivity contribution in [3.05, 3.63) is 34.3 Å². The highest BCUT2D eigenvalue weighted by molar-refractivity contribution is 9.10. The number of methoxy groups -OCH3 is 1. The molecular weight excluding hydrogens is 326 g/mol. The third-order valence-corrected chi connectivity index (χ3v) is 4.36. The summed E-state index contributed by atoms with van der Waals surface area (Å²) in [6.07, 6.45) is 2.22. The Bertz CT molecular complexity index is 414. The van der Waals surface area contributed by atoms with Gasteiger partial charge in [-0.3, -0.25) is 0 Å². The lowest BCUT2D eigenvalue weighted by molar-refractivity contribution is 0.161. The molecule has 0 aliphatic heterocycles. The first-order valence-electron chi connectivity index (χ1n) is 7.80. The van der Waals surface area contributed by atoms with E-state index < -0.39 is 0 Å². The number of rotatable bonds is 8. The fourth-order valence-electron chi connectivity index (χ4n) is 2.42. The molecule has 1 aromatic rings. The lowest BCUT2D eigenvalue weighted by Gasteiger charge is -2.29. The maximum atomic E-state index is 5.25. The Balaban J connectivity index is 2.70. The molecule has 0 bridgehead atoms. The lowest BCUT2D eigenvalue weighted by atomic mass is 9.85. The van der Waals surface area contributed by atoms with E-state index in [9.17, 15) is 0 Å². The number of ether oxygens (including phenoxy) is 1. The van der Waals surface area contributed by atoms with Crippen molar-refractivity contribution in [3.63, 3.8) is 0 Å². The Morgan fingerprint density at radius 1 is 1.29 bits per heavy atom. The summed E-state index contributed by atoms with van der Waals surface area (Å²) in [4.78, 5) is 0. The fourth-order valence-corrected chi connectivity index (χ4v) is 2.86. The first-order valence-corrected chi connectivity index (χ1v) is 8.59. The van der Waals surface area contributed by atoms with Crippen LogP contribution in [0.5, 0.6) is 0 Å². The summed E-state index contributed by atoms with van der Waals surface area (Å²) in [7, 11) is 1.78. The standard InChI is InChI=1S/C18H30BrNO/c1-14(9-10-21-5)16(13-20-18(2,3)4)11-15-7-6-8-17(19)12-15/h6-8,12,14,16,20H,9-11,13H2,1-5H3. The zero-order chi connectivity index (χ0) is 15.9. The van der Waals surface area contributed by atoms with Gasteiger partial charge in [0.1, 0.15) is 0 Å². The zero-order valence-corrected chi connectivity index (χ0v) is 15.7. The number of benzene rings is 1. The summed E-state index contributed by atoms with van der Waals surface area (Å²) in [5.74, 6) is 1.26. The summed E-state index contributed by atoms with van der Waals surface area (Å²) in [5, 5.41) is 3.66. The van der Waals surface area contributed by atoms with Crippen LogP contribution in [-0.4, -0.2) is 25.8 Å². The molecule has 2 nitrogen and oxygen atoms in total. The minimum absolute atomic E-state index is 0.163. The van der Waals surface area contributed by atoms with Gasteiger partial charge in [-0.25, -0.2) is 0 Å². The molecule has 21 heavy (non-hydrogen) atoms. The Kier molecular flexibility index (Phi) is 7.93. The van der Waals surface area contributed by atoms with Crippen LogP contribution in [0.4, 0.5) is 0 Å². The molecule has 0 spiro atoms. The Labute approximate surface area is 138 Å². The van der Waals surface area contributed by atoms with Crippen molar-refractivity contribution in [1.82, 2.24) is 5.32 Å². The molecule has 1 rings (SSSR count). The van der Waals surface area contributed by atoms with Gasteiger partial charge in [0.05, 0.1) is 0 Å². The number of nitrogens with one attached hydrogen (secondary N) is 1. The van der Waals surface area contributed by atoms with E-state index in [1.54, 1.807) is 7.11 Å². The molecule has 1 aromatic carbocycles. The molecule has 0 aliphatic carbocycles. The van der Waals surface area contributed by atoms with Crippen LogP contribution in [0.15, 0.2) is 28.7 Å². The summed E-state index contributed by atoms with van der Waals surface area (Å²) in [5.41, 5.74) is 1.56. The van der Waals surface area contributed by atoms with Crippen molar-refractivity contribution >= 4 is 15.9 Å². The minimum Gasteiger partial charge on any atom is -0.385 e. The maximum Gasteiger partial charge on any atom is 0.0464 e. The van der Waals surface area contributed by atoms with E-state index in [4.69, 9.17) is 4.74 Å². The monoisotopic (exact) mass is 355 g/mol. The highest BCUT2D eigenvalue weighted by atomic mass is 79.9. The Hall–Kier alpha value is -0.380. The molecule has 3 heteroatoms. The van der Waals surface area contributed by atoms with E-state index in [-0.39, 0.29) is 5.54 Å². The Morgan fingerprint density at radius 3 is 2.57 bits per heavy atom. The third kappa shape index (κ3) is 7.98. The van der Waals surface area contributed by atoms with Crippen molar-refractivity contribution in [1.29, 1.82) is 0 Å². The van der Waals surface area contributed by atoms with Crippen LogP contribution < -0.4 is 5.32 Å². The number of halogens is 1. The Morgan fingerprint density at radius 2 is 2.00 bits per heavy atom. The van der Waals surface area contributed by atoms with E-state index in [1.807, 2.05) is 0 Å². The van der Waals surface area contributed by atoms with Gasteiger partial charge in [-0.2, -0.15) is 0 Å². The predicted octanol–water partition coefficient (Wildman–Crippen LogP) is 4.67. The van der Waals surface area contributed by atoms with Crippen molar-refractivity contribution < 1.29 is 4.74 Å². The largest absolute Gasteiger partial charge is 0.385 e. The normalized spacial score (nSPS) is 15.0. The zero-order valence-electron chi connectivity index (χ0n) is 14.1. The highest BCUT2D eigenvalue weighted by Gasteiger charge is 2.20. The molecule has 0 saturated heterocycles. The van der Waals surface area contributed by atoms with Crippen LogP contribution in [0.3, 0.4) is 0 Å². The van der Waals surface area contributed by atoms with Crippen LogP contribution in [0.25, 0.3) is 0 Å². The third-order valence-electron chi connectivity index (χ3n) is 3.86. The van der Waals surface area contributed by atoms with Crippen LogP contribution >= 0.6 is 15.9 Å². The van der Waals surface area contributed by atoms with E-state index in [2.05, 4.69) is 73.2 Å². The van der Waals surface area contributed by atoms with Gasteiger partial charge in [0, 0.05) is 23.7 Å². The first kappa shape index (κ1) is 18.7. The smallest absolute Gasteiger partial charge is 0.0464 e. The predicted molar refractivity (Wildman–Crippen MR) is 94.7 cm³/mol. The molecule has 0 fully saturated rings. The van der Waals surface area contributed by atoms with Crippen LogP contribution in [-0.2, 0) is 11.2 Å². The van der Waals surface area contributed by atoms with E-state index in [0.29, 0.717) is 11.8 Å². The minimum atomic E-state index is 0.163. The van der Waals surface area contributed by atoms with Gasteiger partial charge in [0.25, 0.3) is 0 Å². The second-order valence-corrected chi connectivity index (χ2v) is 7.90. The van der Waals surface area contributed by atoms with Crippen LogP contribution in [0.1, 0.15) is 39.7 Å². The van der Waals surface area contributed by atoms with Gasteiger partial charge in [0.15, 0.2) is 0 Å². The molecule has 0 radical (unpaired) electrons. The van der Waals surface area contributed by atoms with Crippen molar-refractivity contribution in [2.75, 3.05) is 20.3 Å². The molecule has 0 amide bonds. The first-order chi connectivity index (χ1) is 9.81. The summed E-state index contributed by atoms with van der Waals surface area (Å²) < 4.78 is 6.41. The molecule has 0 heterocycles. The number of hydrogen-bond acceptors (Lipinski definition) is 2. The molecule has 2 unspecified atom stereocenters. The average molecular weight is 356 g/mol. The van der Waals surface area contributed by atoms with Crippen LogP contribution in [0, 0.1) is 11.8 Å². The second kappa shape index (κ2) is 8.92. The maximum absolute atomic E-state index is 5.25. The summed E-state index contributed by atoms with van der Waals surface area (Å²) >= 11 is 3.57. The van der Waals surface area contributed by atoms with E-state index in [1.165, 1.54) is 5.56 Å². The van der Waals surface area contributed by atoms with Crippen molar-refractivity contribution in [2.24, 2.45) is 11.8 Å².